The zero-order valence-corrected chi connectivity index (χ0v) is 21.1. The lowest BCUT2D eigenvalue weighted by Gasteiger charge is -2.40. The lowest BCUT2D eigenvalue weighted by Crippen LogP contribution is -2.53. The second-order valence-electron chi connectivity index (χ2n) is 10.3. The van der Waals surface area contributed by atoms with Crippen LogP contribution in [0.3, 0.4) is 0 Å². The van der Waals surface area contributed by atoms with Crippen molar-refractivity contribution >= 4 is 38.5 Å². The maximum Gasteiger partial charge on any atom is 0.410 e. The van der Waals surface area contributed by atoms with Gasteiger partial charge in [-0.25, -0.2) is 22.2 Å². The summed E-state index contributed by atoms with van der Waals surface area (Å²) in [5, 5.41) is 13.1. The fourth-order valence-corrected chi connectivity index (χ4v) is 6.08. The van der Waals surface area contributed by atoms with E-state index in [-0.39, 0.29) is 11.0 Å². The fraction of sp³-hybridized carbons (Fsp3) is 0.400. The summed E-state index contributed by atoms with van der Waals surface area (Å²) in [5.74, 6) is 0. The maximum absolute atomic E-state index is 13.3. The predicted octanol–water partition coefficient (Wildman–Crippen LogP) is 4.14. The monoisotopic (exact) mass is 495 g/mol. The molecular formula is C25H29N5O4S. The molecule has 0 radical (unpaired) electrons. The molecule has 3 aromatic rings. The van der Waals surface area contributed by atoms with Gasteiger partial charge in [0.2, 0.25) is 0 Å². The molecule has 1 amide bonds. The van der Waals surface area contributed by atoms with Gasteiger partial charge >= 0.3 is 6.09 Å². The Morgan fingerprint density at radius 3 is 2.43 bits per heavy atom. The maximum atomic E-state index is 13.3. The van der Waals surface area contributed by atoms with Gasteiger partial charge in [-0.1, -0.05) is 17.7 Å². The van der Waals surface area contributed by atoms with E-state index in [0.717, 1.165) is 5.56 Å². The molecule has 184 valence electrons. The highest BCUT2D eigenvalue weighted by Crippen LogP contribution is 2.42. The molecule has 1 spiro atoms. The lowest BCUT2D eigenvalue weighted by atomic mass is 9.83. The van der Waals surface area contributed by atoms with Gasteiger partial charge in [0.15, 0.2) is 5.65 Å². The molecule has 0 saturated carbocycles. The number of benzene rings is 1. The van der Waals surface area contributed by atoms with E-state index in [2.05, 4.69) is 10.3 Å². The van der Waals surface area contributed by atoms with Crippen molar-refractivity contribution in [2.45, 2.75) is 56.6 Å². The van der Waals surface area contributed by atoms with E-state index in [1.54, 1.807) is 41.4 Å². The number of rotatable bonds is 2. The molecule has 4 heterocycles. The minimum atomic E-state index is -3.83. The Hall–Kier alpha value is -3.40. The Morgan fingerprint density at radius 1 is 1.14 bits per heavy atom. The van der Waals surface area contributed by atoms with Crippen molar-refractivity contribution in [2.24, 2.45) is 0 Å². The normalized spacial score (nSPS) is 17.5. The van der Waals surface area contributed by atoms with Crippen molar-refractivity contribution in [1.29, 1.82) is 5.41 Å². The van der Waals surface area contributed by atoms with Crippen LogP contribution in [0.25, 0.3) is 11.0 Å². The van der Waals surface area contributed by atoms with Gasteiger partial charge in [0, 0.05) is 30.2 Å². The predicted molar refractivity (Wildman–Crippen MR) is 134 cm³/mol. The number of carbonyl (C=O) groups is 1. The minimum Gasteiger partial charge on any atom is -0.444 e. The number of amides is 1. The summed E-state index contributed by atoms with van der Waals surface area (Å²) in [4.78, 5) is 18.8. The van der Waals surface area contributed by atoms with Gasteiger partial charge in [-0.3, -0.25) is 0 Å². The van der Waals surface area contributed by atoms with E-state index in [4.69, 9.17) is 10.1 Å². The fourth-order valence-electron chi connectivity index (χ4n) is 4.78. The largest absolute Gasteiger partial charge is 0.444 e. The van der Waals surface area contributed by atoms with Crippen LogP contribution >= 0.6 is 0 Å². The molecule has 0 bridgehead atoms. The third kappa shape index (κ3) is 3.85. The molecule has 2 aliphatic heterocycles. The summed E-state index contributed by atoms with van der Waals surface area (Å²) >= 11 is 0. The van der Waals surface area contributed by atoms with Crippen molar-refractivity contribution in [3.8, 4) is 0 Å². The molecule has 1 fully saturated rings. The number of fused-ring (bicyclic) bond motifs is 3. The number of carbonyl (C=O) groups excluding carboxylic acids is 1. The van der Waals surface area contributed by atoms with Gasteiger partial charge in [0.25, 0.3) is 10.0 Å². The van der Waals surface area contributed by atoms with Crippen molar-refractivity contribution in [3.05, 3.63) is 53.9 Å². The van der Waals surface area contributed by atoms with Crippen LogP contribution in [0.1, 0.15) is 44.7 Å². The lowest BCUT2D eigenvalue weighted by molar-refractivity contribution is 0.0198. The summed E-state index contributed by atoms with van der Waals surface area (Å²) in [6, 6.07) is 8.40. The van der Waals surface area contributed by atoms with Crippen molar-refractivity contribution in [3.63, 3.8) is 0 Å². The molecule has 5 rings (SSSR count). The number of nitrogens with one attached hydrogen (secondary N) is 2. The highest BCUT2D eigenvalue weighted by molar-refractivity contribution is 7.90. The number of aryl methyl sites for hydroxylation is 1. The number of likely N-dealkylation sites (tertiary alicyclic amines) is 1. The Morgan fingerprint density at radius 2 is 1.80 bits per heavy atom. The molecule has 1 aromatic carbocycles. The number of piperidine rings is 1. The topological polar surface area (TPSA) is 117 Å². The van der Waals surface area contributed by atoms with Gasteiger partial charge in [-0.05, 0) is 58.7 Å². The number of anilines is 1. The van der Waals surface area contributed by atoms with Crippen LogP contribution in [0.5, 0.6) is 0 Å². The van der Waals surface area contributed by atoms with Gasteiger partial charge in [0.1, 0.15) is 5.60 Å². The first-order valence-corrected chi connectivity index (χ1v) is 13.0. The van der Waals surface area contributed by atoms with E-state index in [1.165, 1.54) is 10.2 Å². The first-order chi connectivity index (χ1) is 16.4. The van der Waals surface area contributed by atoms with Gasteiger partial charge < -0.3 is 20.4 Å². The molecule has 9 nitrogen and oxygen atoms in total. The second kappa shape index (κ2) is 7.81. The number of pyridine rings is 1. The standard InChI is InChI=1S/C25H29N5O4S/c1-16-5-7-17(8-6-16)35(32,33)30-12-9-18-20-19(15-27-22(18)30)28-25(21(20)26)10-13-29(14-11-25)23(31)34-24(2,3)4/h5-9,12,15,26,28H,10-11,13-14H2,1-4H3. The molecule has 0 unspecified atom stereocenters. The molecule has 35 heavy (non-hydrogen) atoms. The van der Waals surface area contributed by atoms with Crippen molar-refractivity contribution in [2.75, 3.05) is 18.4 Å². The Bertz CT molecular complexity index is 1440. The first-order valence-electron chi connectivity index (χ1n) is 11.6. The van der Waals surface area contributed by atoms with Gasteiger partial charge in [-0.2, -0.15) is 0 Å². The summed E-state index contributed by atoms with van der Waals surface area (Å²) in [5.41, 5.74) is 1.84. The molecule has 0 aliphatic carbocycles. The highest BCUT2D eigenvalue weighted by atomic mass is 32.2. The van der Waals surface area contributed by atoms with Crippen LogP contribution in [-0.4, -0.2) is 58.3 Å². The molecule has 2 N–H and O–H groups in total. The average molecular weight is 496 g/mol. The molecule has 2 aromatic heterocycles. The number of nitrogens with zero attached hydrogens (tertiary/aromatic N) is 3. The Kier molecular flexibility index (Phi) is 5.21. The zero-order chi connectivity index (χ0) is 25.2. The van der Waals surface area contributed by atoms with Crippen LogP contribution in [0, 0.1) is 12.3 Å². The average Bonchev–Trinajstić information content (AvgIpc) is 3.33. The number of hydrogen-bond donors (Lipinski definition) is 2. The molecule has 10 heteroatoms. The third-order valence-electron chi connectivity index (χ3n) is 6.63. The minimum absolute atomic E-state index is 0.182. The SMILES string of the molecule is Cc1ccc(S(=O)(=O)n2ccc3c4c(cnc32)NC2(CCN(C(=O)OC(C)(C)C)CC2)C4=N)cc1. The van der Waals surface area contributed by atoms with E-state index >= 15 is 0 Å². The van der Waals surface area contributed by atoms with E-state index in [0.29, 0.717) is 53.9 Å². The third-order valence-corrected chi connectivity index (χ3v) is 8.31. The van der Waals surface area contributed by atoms with Crippen LogP contribution in [-0.2, 0) is 14.8 Å². The quantitative estimate of drug-likeness (QED) is 0.552. The van der Waals surface area contributed by atoms with Crippen LogP contribution in [0.15, 0.2) is 47.6 Å². The molecule has 2 aliphatic rings. The molecular weight excluding hydrogens is 466 g/mol. The smallest absolute Gasteiger partial charge is 0.410 e. The number of hydrogen-bond acceptors (Lipinski definition) is 7. The second-order valence-corrected chi connectivity index (χ2v) is 12.1. The van der Waals surface area contributed by atoms with Gasteiger partial charge in [-0.15, -0.1) is 0 Å². The summed E-state index contributed by atoms with van der Waals surface area (Å²) < 4.78 is 33.3. The van der Waals surface area contributed by atoms with E-state index in [9.17, 15) is 13.2 Å². The Balaban J connectivity index is 1.44. The summed E-state index contributed by atoms with van der Waals surface area (Å²) in [6.07, 6.45) is 3.84. The number of aromatic nitrogens is 2. The summed E-state index contributed by atoms with van der Waals surface area (Å²) in [7, 11) is -3.83. The molecule has 0 atom stereocenters. The zero-order valence-electron chi connectivity index (χ0n) is 20.3. The van der Waals surface area contributed by atoms with E-state index in [1.807, 2.05) is 27.7 Å². The first kappa shape index (κ1) is 23.3. The summed E-state index contributed by atoms with van der Waals surface area (Å²) in [6.45, 7) is 8.33. The van der Waals surface area contributed by atoms with Crippen LogP contribution in [0.4, 0.5) is 10.5 Å². The number of ether oxygens (including phenoxy) is 1. The van der Waals surface area contributed by atoms with E-state index < -0.39 is 21.2 Å². The van der Waals surface area contributed by atoms with Crippen molar-refractivity contribution in [1.82, 2.24) is 13.9 Å². The highest BCUT2D eigenvalue weighted by Gasteiger charge is 2.46. The van der Waals surface area contributed by atoms with Gasteiger partial charge in [0.05, 0.1) is 28.0 Å². The van der Waals surface area contributed by atoms with Crippen LogP contribution < -0.4 is 5.32 Å². The van der Waals surface area contributed by atoms with Crippen LogP contribution in [0.2, 0.25) is 0 Å². The van der Waals surface area contributed by atoms with Crippen molar-refractivity contribution < 1.29 is 17.9 Å². The molecule has 1 saturated heterocycles. The Labute approximate surface area is 204 Å².